The van der Waals surface area contributed by atoms with Crippen molar-refractivity contribution in [3.05, 3.63) is 0 Å². The van der Waals surface area contributed by atoms with E-state index in [1.165, 1.54) is 0 Å². The fraction of sp³-hybridized carbons (Fsp3) is 1.00. The highest BCUT2D eigenvalue weighted by Gasteiger charge is 2.31. The van der Waals surface area contributed by atoms with Crippen molar-refractivity contribution in [2.24, 2.45) is 0 Å². The fourth-order valence-corrected chi connectivity index (χ4v) is 2.08. The van der Waals surface area contributed by atoms with Crippen LogP contribution >= 0.6 is 0 Å². The van der Waals surface area contributed by atoms with Crippen LogP contribution in [0.25, 0.3) is 0 Å². The minimum Gasteiger partial charge on any atom is -0.388 e. The topological polar surface area (TPSA) is 60.5 Å². The summed E-state index contributed by atoms with van der Waals surface area (Å²) in [6, 6.07) is 0. The first-order chi connectivity index (χ1) is 8.55. The first-order valence-electron chi connectivity index (χ1n) is 6.68. The molecule has 5 nitrogen and oxygen atoms in total. The van der Waals surface area contributed by atoms with Gasteiger partial charge in [0.05, 0.1) is 44.7 Å². The molecule has 0 aliphatic carbocycles. The average molecular weight is 260 g/mol. The number of aliphatic hydroxyl groups excluding tert-OH is 1. The molecule has 18 heavy (non-hydrogen) atoms. The molecular weight excluding hydrogens is 236 g/mol. The molecule has 0 aromatic heterocycles. The molecular formula is C13H24O5. The first kappa shape index (κ1) is 14.2. The van der Waals surface area contributed by atoms with Gasteiger partial charge in [0.15, 0.2) is 0 Å². The van der Waals surface area contributed by atoms with Gasteiger partial charge in [-0.3, -0.25) is 0 Å². The maximum Gasteiger partial charge on any atom is 0.104 e. The molecule has 106 valence electrons. The van der Waals surface area contributed by atoms with E-state index in [1.807, 2.05) is 0 Å². The van der Waals surface area contributed by atoms with Crippen molar-refractivity contribution in [1.82, 2.24) is 0 Å². The summed E-state index contributed by atoms with van der Waals surface area (Å²) in [6.07, 6.45) is 1.92. The van der Waals surface area contributed by atoms with Crippen molar-refractivity contribution in [2.45, 2.75) is 50.6 Å². The number of hydrogen-bond donors (Lipinski definition) is 1. The van der Waals surface area contributed by atoms with Crippen LogP contribution in [0.3, 0.4) is 0 Å². The summed E-state index contributed by atoms with van der Waals surface area (Å²) in [4.78, 5) is 0. The molecule has 0 bridgehead atoms. The van der Waals surface area contributed by atoms with Crippen LogP contribution in [-0.2, 0) is 18.9 Å². The zero-order chi connectivity index (χ0) is 13.0. The third-order valence-electron chi connectivity index (χ3n) is 3.18. The monoisotopic (exact) mass is 260 g/mol. The molecule has 2 aliphatic heterocycles. The molecule has 1 N–H and O–H groups in total. The smallest absolute Gasteiger partial charge is 0.104 e. The van der Waals surface area contributed by atoms with Gasteiger partial charge < -0.3 is 24.1 Å². The van der Waals surface area contributed by atoms with E-state index in [-0.39, 0.29) is 17.8 Å². The van der Waals surface area contributed by atoms with Crippen LogP contribution in [-0.4, -0.2) is 62.1 Å². The third kappa shape index (κ3) is 5.20. The number of hydrogen-bond acceptors (Lipinski definition) is 5. The maximum absolute atomic E-state index is 9.63. The second kappa shape index (κ2) is 6.30. The Hall–Kier alpha value is -0.200. The van der Waals surface area contributed by atoms with Gasteiger partial charge in [-0.25, -0.2) is 0 Å². The van der Waals surface area contributed by atoms with Crippen LogP contribution in [0.2, 0.25) is 0 Å². The van der Waals surface area contributed by atoms with Gasteiger partial charge in [-0.2, -0.15) is 0 Å². The summed E-state index contributed by atoms with van der Waals surface area (Å²) in [5.41, 5.74) is -0.0278. The van der Waals surface area contributed by atoms with Gasteiger partial charge in [0.25, 0.3) is 0 Å². The SMILES string of the molecule is CC1(C)CCC(COCC(O)COCC2CO2)O1. The lowest BCUT2D eigenvalue weighted by molar-refractivity contribution is -0.0744. The third-order valence-corrected chi connectivity index (χ3v) is 3.18. The summed E-state index contributed by atoms with van der Waals surface area (Å²) < 4.78 is 21.5. The molecule has 2 rings (SSSR count). The standard InChI is InChI=1S/C13H24O5/c1-13(2)4-3-11(18-13)7-15-5-10(14)6-16-8-12-9-17-12/h10-12,14H,3-9H2,1-2H3. The fourth-order valence-electron chi connectivity index (χ4n) is 2.08. The number of rotatable bonds is 8. The van der Waals surface area contributed by atoms with E-state index < -0.39 is 6.10 Å². The molecule has 2 aliphatic rings. The van der Waals surface area contributed by atoms with Crippen molar-refractivity contribution < 1.29 is 24.1 Å². The van der Waals surface area contributed by atoms with Crippen LogP contribution in [0.4, 0.5) is 0 Å². The van der Waals surface area contributed by atoms with Gasteiger partial charge in [0.2, 0.25) is 0 Å². The molecule has 3 unspecified atom stereocenters. The minimum absolute atomic E-state index is 0.0278. The van der Waals surface area contributed by atoms with Crippen LogP contribution < -0.4 is 0 Å². The van der Waals surface area contributed by atoms with E-state index in [1.54, 1.807) is 0 Å². The summed E-state index contributed by atoms with van der Waals surface area (Å²) in [6.45, 7) is 6.68. The molecule has 0 aromatic rings. The zero-order valence-electron chi connectivity index (χ0n) is 11.3. The summed E-state index contributed by atoms with van der Waals surface area (Å²) in [7, 11) is 0. The van der Waals surface area contributed by atoms with Gasteiger partial charge in [0, 0.05) is 0 Å². The maximum atomic E-state index is 9.63. The Kier molecular flexibility index (Phi) is 4.98. The highest BCUT2D eigenvalue weighted by Crippen LogP contribution is 2.29. The normalized spacial score (nSPS) is 31.5. The largest absolute Gasteiger partial charge is 0.388 e. The molecule has 0 aromatic carbocycles. The highest BCUT2D eigenvalue weighted by atomic mass is 16.6. The van der Waals surface area contributed by atoms with Crippen molar-refractivity contribution in [2.75, 3.05) is 33.0 Å². The Morgan fingerprint density at radius 2 is 1.83 bits per heavy atom. The molecule has 2 saturated heterocycles. The average Bonchev–Trinajstić information content (AvgIpc) is 3.04. The Morgan fingerprint density at radius 1 is 1.22 bits per heavy atom. The van der Waals surface area contributed by atoms with Gasteiger partial charge in [-0.05, 0) is 26.7 Å². The van der Waals surface area contributed by atoms with E-state index in [0.717, 1.165) is 19.4 Å². The lowest BCUT2D eigenvalue weighted by atomic mass is 10.1. The summed E-state index contributed by atoms with van der Waals surface area (Å²) >= 11 is 0. The van der Waals surface area contributed by atoms with Crippen LogP contribution in [0.5, 0.6) is 0 Å². The quantitative estimate of drug-likeness (QED) is 0.652. The Bertz CT molecular complexity index is 252. The Morgan fingerprint density at radius 3 is 2.33 bits per heavy atom. The second-order valence-corrected chi connectivity index (χ2v) is 5.72. The molecule has 2 heterocycles. The predicted octanol–water partition coefficient (Wildman–Crippen LogP) is 0.737. The first-order valence-corrected chi connectivity index (χ1v) is 6.68. The number of aliphatic hydroxyl groups is 1. The summed E-state index contributed by atoms with van der Waals surface area (Å²) in [5.74, 6) is 0. The molecule has 0 amide bonds. The van der Waals surface area contributed by atoms with Crippen molar-refractivity contribution >= 4 is 0 Å². The molecule has 3 atom stereocenters. The molecule has 0 saturated carbocycles. The second-order valence-electron chi connectivity index (χ2n) is 5.72. The molecule has 5 heteroatoms. The van der Waals surface area contributed by atoms with Gasteiger partial charge in [-0.15, -0.1) is 0 Å². The lowest BCUT2D eigenvalue weighted by Crippen LogP contribution is -2.27. The van der Waals surface area contributed by atoms with Gasteiger partial charge in [-0.1, -0.05) is 0 Å². The predicted molar refractivity (Wildman–Crippen MR) is 65.6 cm³/mol. The lowest BCUT2D eigenvalue weighted by Gasteiger charge is -2.19. The van der Waals surface area contributed by atoms with E-state index >= 15 is 0 Å². The molecule has 0 spiro atoms. The van der Waals surface area contributed by atoms with Crippen molar-refractivity contribution in [3.63, 3.8) is 0 Å². The van der Waals surface area contributed by atoms with Crippen molar-refractivity contribution in [1.29, 1.82) is 0 Å². The van der Waals surface area contributed by atoms with Gasteiger partial charge in [0.1, 0.15) is 12.2 Å². The van der Waals surface area contributed by atoms with Crippen LogP contribution in [0.1, 0.15) is 26.7 Å². The zero-order valence-corrected chi connectivity index (χ0v) is 11.3. The molecule has 0 radical (unpaired) electrons. The van der Waals surface area contributed by atoms with Crippen LogP contribution in [0.15, 0.2) is 0 Å². The molecule has 2 fully saturated rings. The van der Waals surface area contributed by atoms with E-state index in [4.69, 9.17) is 18.9 Å². The Balaban J connectivity index is 1.46. The summed E-state index contributed by atoms with van der Waals surface area (Å²) in [5, 5.41) is 9.63. The van der Waals surface area contributed by atoms with Gasteiger partial charge >= 0.3 is 0 Å². The highest BCUT2D eigenvalue weighted by molar-refractivity contribution is 4.80. The van der Waals surface area contributed by atoms with E-state index in [9.17, 15) is 5.11 Å². The van der Waals surface area contributed by atoms with Crippen LogP contribution in [0, 0.1) is 0 Å². The van der Waals surface area contributed by atoms with E-state index in [2.05, 4.69) is 13.8 Å². The van der Waals surface area contributed by atoms with Crippen molar-refractivity contribution in [3.8, 4) is 0 Å². The number of epoxide rings is 1. The number of ether oxygens (including phenoxy) is 4. The Labute approximate surface area is 108 Å². The van der Waals surface area contributed by atoms with E-state index in [0.29, 0.717) is 26.4 Å². The minimum atomic E-state index is -0.571.